The summed E-state index contributed by atoms with van der Waals surface area (Å²) >= 11 is 5.90. The molecular weight excluding hydrogens is 234 g/mol. The summed E-state index contributed by atoms with van der Waals surface area (Å²) in [6.07, 6.45) is 0.791. The minimum Gasteiger partial charge on any atom is -0.330 e. The number of hydrogen-bond donors (Lipinski definition) is 1. The van der Waals surface area contributed by atoms with E-state index in [9.17, 15) is 0 Å². The van der Waals surface area contributed by atoms with E-state index in [0.29, 0.717) is 6.54 Å². The van der Waals surface area contributed by atoms with Crippen molar-refractivity contribution in [2.24, 2.45) is 12.8 Å². The van der Waals surface area contributed by atoms with Crippen molar-refractivity contribution in [1.29, 1.82) is 0 Å². The summed E-state index contributed by atoms with van der Waals surface area (Å²) < 4.78 is 1.90. The Kier molecular flexibility index (Phi) is 3.50. The van der Waals surface area contributed by atoms with Crippen molar-refractivity contribution >= 4 is 11.6 Å². The van der Waals surface area contributed by atoms with Gasteiger partial charge in [0.1, 0.15) is 0 Å². The maximum atomic E-state index is 5.90. The molecule has 0 spiro atoms. The second-order valence-electron chi connectivity index (χ2n) is 4.08. The van der Waals surface area contributed by atoms with E-state index < -0.39 is 0 Å². The Morgan fingerprint density at radius 1 is 1.29 bits per heavy atom. The SMILES string of the molecule is Cc1c(-c2ccc(Cl)cc2)c(CCN)nn1C. The third-order valence-electron chi connectivity index (χ3n) is 2.92. The molecule has 0 amide bonds. The maximum Gasteiger partial charge on any atom is 0.0718 e. The molecule has 0 fully saturated rings. The topological polar surface area (TPSA) is 43.8 Å². The zero-order valence-electron chi connectivity index (χ0n) is 10.1. The second-order valence-corrected chi connectivity index (χ2v) is 4.51. The van der Waals surface area contributed by atoms with Crippen LogP contribution in [-0.2, 0) is 13.5 Å². The first-order chi connectivity index (χ1) is 8.13. The summed E-state index contributed by atoms with van der Waals surface area (Å²) in [4.78, 5) is 0. The summed E-state index contributed by atoms with van der Waals surface area (Å²) in [5.74, 6) is 0. The van der Waals surface area contributed by atoms with Crippen LogP contribution in [0, 0.1) is 6.92 Å². The van der Waals surface area contributed by atoms with E-state index in [0.717, 1.165) is 28.4 Å². The van der Waals surface area contributed by atoms with E-state index in [1.165, 1.54) is 5.56 Å². The van der Waals surface area contributed by atoms with Crippen molar-refractivity contribution in [2.75, 3.05) is 6.54 Å². The number of aromatic nitrogens is 2. The smallest absolute Gasteiger partial charge is 0.0718 e. The zero-order valence-corrected chi connectivity index (χ0v) is 10.8. The van der Waals surface area contributed by atoms with Crippen LogP contribution in [0.5, 0.6) is 0 Å². The molecule has 0 bridgehead atoms. The molecule has 0 aliphatic carbocycles. The van der Waals surface area contributed by atoms with E-state index in [1.54, 1.807) is 0 Å². The third-order valence-corrected chi connectivity index (χ3v) is 3.17. The Bertz CT molecular complexity index is 514. The Morgan fingerprint density at radius 2 is 1.94 bits per heavy atom. The highest BCUT2D eigenvalue weighted by atomic mass is 35.5. The van der Waals surface area contributed by atoms with Crippen molar-refractivity contribution in [3.63, 3.8) is 0 Å². The number of hydrogen-bond acceptors (Lipinski definition) is 2. The molecule has 0 saturated heterocycles. The average Bonchev–Trinajstić information content (AvgIpc) is 2.57. The lowest BCUT2D eigenvalue weighted by Crippen LogP contribution is -2.04. The van der Waals surface area contributed by atoms with Gasteiger partial charge in [0.05, 0.1) is 5.69 Å². The number of rotatable bonds is 3. The Balaban J connectivity index is 2.53. The van der Waals surface area contributed by atoms with Gasteiger partial charge in [-0.05, 0) is 31.2 Å². The van der Waals surface area contributed by atoms with Crippen molar-refractivity contribution in [2.45, 2.75) is 13.3 Å². The van der Waals surface area contributed by atoms with Crippen LogP contribution in [0.1, 0.15) is 11.4 Å². The Morgan fingerprint density at radius 3 is 2.53 bits per heavy atom. The summed E-state index contributed by atoms with van der Waals surface area (Å²) in [7, 11) is 1.95. The Hall–Kier alpha value is -1.32. The maximum absolute atomic E-state index is 5.90. The second kappa shape index (κ2) is 4.90. The van der Waals surface area contributed by atoms with E-state index in [4.69, 9.17) is 17.3 Å². The Labute approximate surface area is 106 Å². The third kappa shape index (κ3) is 2.35. The van der Waals surface area contributed by atoms with E-state index in [-0.39, 0.29) is 0 Å². The van der Waals surface area contributed by atoms with Crippen molar-refractivity contribution in [3.8, 4) is 11.1 Å². The normalized spacial score (nSPS) is 10.8. The molecule has 90 valence electrons. The van der Waals surface area contributed by atoms with Gasteiger partial charge in [-0.3, -0.25) is 4.68 Å². The molecule has 0 aliphatic rings. The van der Waals surface area contributed by atoms with Gasteiger partial charge in [0.2, 0.25) is 0 Å². The molecule has 1 aromatic heterocycles. The van der Waals surface area contributed by atoms with Crippen LogP contribution in [0.25, 0.3) is 11.1 Å². The molecule has 0 unspecified atom stereocenters. The number of halogens is 1. The molecule has 0 atom stereocenters. The van der Waals surface area contributed by atoms with Gasteiger partial charge in [-0.1, -0.05) is 23.7 Å². The van der Waals surface area contributed by atoms with E-state index in [1.807, 2.05) is 36.0 Å². The monoisotopic (exact) mass is 249 g/mol. The van der Waals surface area contributed by atoms with Gasteiger partial charge in [0.25, 0.3) is 0 Å². The minimum atomic E-state index is 0.608. The molecule has 4 heteroatoms. The zero-order chi connectivity index (χ0) is 12.4. The highest BCUT2D eigenvalue weighted by Crippen LogP contribution is 2.28. The van der Waals surface area contributed by atoms with Gasteiger partial charge < -0.3 is 5.73 Å². The molecule has 1 aromatic carbocycles. The highest BCUT2D eigenvalue weighted by Gasteiger charge is 2.13. The summed E-state index contributed by atoms with van der Waals surface area (Å²) in [5, 5.41) is 5.25. The quantitative estimate of drug-likeness (QED) is 0.909. The predicted octanol–water partition coefficient (Wildman–Crippen LogP) is 2.55. The molecule has 2 N–H and O–H groups in total. The van der Waals surface area contributed by atoms with Crippen molar-refractivity contribution in [3.05, 3.63) is 40.7 Å². The average molecular weight is 250 g/mol. The first-order valence-electron chi connectivity index (χ1n) is 5.62. The molecule has 0 aliphatic heterocycles. The van der Waals surface area contributed by atoms with Crippen LogP contribution < -0.4 is 5.73 Å². The van der Waals surface area contributed by atoms with Gasteiger partial charge in [-0.2, -0.15) is 5.10 Å². The molecule has 2 aromatic rings. The number of nitrogens with two attached hydrogens (primary N) is 1. The molecule has 1 heterocycles. The fourth-order valence-electron chi connectivity index (χ4n) is 1.98. The fourth-order valence-corrected chi connectivity index (χ4v) is 2.11. The minimum absolute atomic E-state index is 0.608. The highest BCUT2D eigenvalue weighted by molar-refractivity contribution is 6.30. The standard InChI is InChI=1S/C13H16ClN3/c1-9-13(10-3-5-11(14)6-4-10)12(7-8-15)16-17(9)2/h3-6H,7-8,15H2,1-2H3. The number of nitrogens with zero attached hydrogens (tertiary/aromatic N) is 2. The summed E-state index contributed by atoms with van der Waals surface area (Å²) in [6, 6.07) is 7.84. The van der Waals surface area contributed by atoms with Gasteiger partial charge in [-0.25, -0.2) is 0 Å². The fraction of sp³-hybridized carbons (Fsp3) is 0.308. The van der Waals surface area contributed by atoms with Crippen LogP contribution in [0.3, 0.4) is 0 Å². The molecule has 0 radical (unpaired) electrons. The molecule has 2 rings (SSSR count). The van der Waals surface area contributed by atoms with Gasteiger partial charge in [-0.15, -0.1) is 0 Å². The summed E-state index contributed by atoms with van der Waals surface area (Å²) in [6.45, 7) is 2.67. The molecule has 3 nitrogen and oxygen atoms in total. The van der Waals surface area contributed by atoms with Gasteiger partial charge in [0.15, 0.2) is 0 Å². The molecule has 17 heavy (non-hydrogen) atoms. The van der Waals surface area contributed by atoms with E-state index >= 15 is 0 Å². The van der Waals surface area contributed by atoms with Crippen molar-refractivity contribution in [1.82, 2.24) is 9.78 Å². The van der Waals surface area contributed by atoms with Crippen molar-refractivity contribution < 1.29 is 0 Å². The van der Waals surface area contributed by atoms with Crippen LogP contribution in [0.2, 0.25) is 5.02 Å². The lowest BCUT2D eigenvalue weighted by Gasteiger charge is -2.04. The largest absolute Gasteiger partial charge is 0.330 e. The number of benzene rings is 1. The van der Waals surface area contributed by atoms with Crippen LogP contribution >= 0.6 is 11.6 Å². The number of aryl methyl sites for hydroxylation is 1. The van der Waals surface area contributed by atoms with Gasteiger partial charge in [0, 0.05) is 29.7 Å². The van der Waals surface area contributed by atoms with Crippen LogP contribution in [-0.4, -0.2) is 16.3 Å². The lowest BCUT2D eigenvalue weighted by molar-refractivity contribution is 0.718. The van der Waals surface area contributed by atoms with Crippen LogP contribution in [0.15, 0.2) is 24.3 Å². The molecular formula is C13H16ClN3. The van der Waals surface area contributed by atoms with Gasteiger partial charge >= 0.3 is 0 Å². The predicted molar refractivity (Wildman–Crippen MR) is 71.1 cm³/mol. The first-order valence-corrected chi connectivity index (χ1v) is 5.99. The summed E-state index contributed by atoms with van der Waals surface area (Å²) in [5.41, 5.74) is 10.1. The first kappa shape index (κ1) is 12.1. The molecule has 0 saturated carbocycles. The lowest BCUT2D eigenvalue weighted by atomic mass is 10.0. The van der Waals surface area contributed by atoms with E-state index in [2.05, 4.69) is 12.0 Å². The van der Waals surface area contributed by atoms with Crippen LogP contribution in [0.4, 0.5) is 0 Å².